The van der Waals surface area contributed by atoms with Gasteiger partial charge in [-0.25, -0.2) is 0 Å². The van der Waals surface area contributed by atoms with E-state index < -0.39 is 0 Å². The first-order valence-corrected chi connectivity index (χ1v) is 3.06. The zero-order valence-corrected chi connectivity index (χ0v) is 4.66. The molecular weight excluding hydrogens is 100 g/mol. The molecule has 0 atom stereocenters. The van der Waals surface area contributed by atoms with Crippen LogP contribution in [0.25, 0.3) is 0 Å². The largest absolute Gasteiger partial charge is 0.160 e. The van der Waals surface area contributed by atoms with Gasteiger partial charge in [0.25, 0.3) is 0 Å². The second-order valence-corrected chi connectivity index (χ2v) is 1.73. The van der Waals surface area contributed by atoms with Gasteiger partial charge in [-0.3, -0.25) is 0 Å². The molecule has 0 N–H and O–H groups in total. The monoisotopic (exact) mass is 105 g/mol. The first-order valence-electron chi connectivity index (χ1n) is 1.25. The number of thiocarbonyl (C=S) groups is 1. The van der Waals surface area contributed by atoms with Crippen molar-refractivity contribution in [2.75, 3.05) is 12.0 Å². The molecule has 0 bridgehead atoms. The standard InChI is InChI=1S/C3H5S2/c1-5-3-2-4/h3H2,1H3. The molecule has 0 unspecified atom stereocenters. The SMILES string of the molecule is CSC[C]=S. The fraction of sp³-hybridized carbons (Fsp3) is 0.667. The van der Waals surface area contributed by atoms with Gasteiger partial charge in [0.15, 0.2) is 0 Å². The molecule has 0 aromatic rings. The van der Waals surface area contributed by atoms with Crippen molar-refractivity contribution in [3.63, 3.8) is 0 Å². The fourth-order valence-corrected chi connectivity index (χ4v) is 0.530. The molecule has 0 nitrogen and oxygen atoms in total. The van der Waals surface area contributed by atoms with Crippen molar-refractivity contribution in [1.82, 2.24) is 0 Å². The van der Waals surface area contributed by atoms with Crippen LogP contribution in [0, 0.1) is 0 Å². The van der Waals surface area contributed by atoms with Gasteiger partial charge < -0.3 is 0 Å². The lowest BCUT2D eigenvalue weighted by atomic mass is 11.0. The van der Waals surface area contributed by atoms with Crippen molar-refractivity contribution < 1.29 is 0 Å². The summed E-state index contributed by atoms with van der Waals surface area (Å²) < 4.78 is 0. The average molecular weight is 105 g/mol. The maximum atomic E-state index is 4.38. The summed E-state index contributed by atoms with van der Waals surface area (Å²) in [6.45, 7) is 0. The third-order valence-electron chi connectivity index (χ3n) is 0.203. The Bertz CT molecular complexity index is 26.1. The molecule has 2 heteroatoms. The van der Waals surface area contributed by atoms with Crippen LogP contribution in [0.3, 0.4) is 0 Å². The Morgan fingerprint density at radius 2 is 2.60 bits per heavy atom. The number of rotatable bonds is 2. The van der Waals surface area contributed by atoms with E-state index in [4.69, 9.17) is 0 Å². The van der Waals surface area contributed by atoms with E-state index in [2.05, 4.69) is 17.6 Å². The second kappa shape index (κ2) is 4.44. The van der Waals surface area contributed by atoms with Gasteiger partial charge in [-0.2, -0.15) is 11.8 Å². The van der Waals surface area contributed by atoms with E-state index in [1.165, 1.54) is 0 Å². The second-order valence-electron chi connectivity index (χ2n) is 0.577. The third-order valence-corrected chi connectivity index (χ3v) is 0.963. The molecule has 0 fully saturated rings. The van der Waals surface area contributed by atoms with Crippen LogP contribution in [0.1, 0.15) is 0 Å². The van der Waals surface area contributed by atoms with E-state index in [0.717, 1.165) is 5.75 Å². The van der Waals surface area contributed by atoms with Crippen molar-refractivity contribution in [2.45, 2.75) is 0 Å². The third kappa shape index (κ3) is 4.44. The lowest BCUT2D eigenvalue weighted by molar-refractivity contribution is 2.13. The van der Waals surface area contributed by atoms with Crippen LogP contribution in [0.4, 0.5) is 0 Å². The molecule has 0 aliphatic heterocycles. The Morgan fingerprint density at radius 1 is 2.00 bits per heavy atom. The van der Waals surface area contributed by atoms with Crippen LogP contribution in [0.2, 0.25) is 0 Å². The summed E-state index contributed by atoms with van der Waals surface area (Å²) in [5, 5.41) is 2.56. The summed E-state index contributed by atoms with van der Waals surface area (Å²) in [4.78, 5) is 0. The minimum absolute atomic E-state index is 0.870. The zero-order valence-electron chi connectivity index (χ0n) is 3.02. The minimum Gasteiger partial charge on any atom is -0.160 e. The van der Waals surface area contributed by atoms with Gasteiger partial charge in [0, 0.05) is 11.1 Å². The highest BCUT2D eigenvalue weighted by Gasteiger charge is 1.64. The van der Waals surface area contributed by atoms with E-state index in [9.17, 15) is 0 Å². The average Bonchev–Trinajstić information content (AvgIpc) is 1.41. The maximum Gasteiger partial charge on any atom is 0.0398 e. The highest BCUT2D eigenvalue weighted by molar-refractivity contribution is 8.00. The van der Waals surface area contributed by atoms with Gasteiger partial charge in [0.2, 0.25) is 0 Å². The van der Waals surface area contributed by atoms with Gasteiger partial charge in [-0.05, 0) is 6.26 Å². The van der Waals surface area contributed by atoms with Crippen LogP contribution in [0.5, 0.6) is 0 Å². The molecule has 29 valence electrons. The predicted molar refractivity (Wildman–Crippen MR) is 31.0 cm³/mol. The molecule has 0 aliphatic rings. The van der Waals surface area contributed by atoms with Gasteiger partial charge in [-0.1, -0.05) is 12.2 Å². The first kappa shape index (κ1) is 5.44. The Kier molecular flexibility index (Phi) is 4.83. The maximum absolute atomic E-state index is 4.38. The van der Waals surface area contributed by atoms with Gasteiger partial charge in [0.1, 0.15) is 0 Å². The summed E-state index contributed by atoms with van der Waals surface area (Å²) in [5.41, 5.74) is 0. The highest BCUT2D eigenvalue weighted by atomic mass is 32.2. The molecular formula is C3H5S2. The summed E-state index contributed by atoms with van der Waals surface area (Å²) in [5.74, 6) is 0.870. The van der Waals surface area contributed by atoms with E-state index in [-0.39, 0.29) is 0 Å². The summed E-state index contributed by atoms with van der Waals surface area (Å²) in [7, 11) is 0. The van der Waals surface area contributed by atoms with Gasteiger partial charge >= 0.3 is 0 Å². The molecule has 0 saturated heterocycles. The van der Waals surface area contributed by atoms with Crippen LogP contribution < -0.4 is 0 Å². The normalized spacial score (nSPS) is 7.40. The Morgan fingerprint density at radius 3 is 2.60 bits per heavy atom. The molecule has 0 aliphatic carbocycles. The molecule has 0 rings (SSSR count). The molecule has 0 aromatic carbocycles. The number of thioether (sulfide) groups is 1. The van der Waals surface area contributed by atoms with Gasteiger partial charge in [0.05, 0.1) is 0 Å². The Labute approximate surface area is 42.0 Å². The number of hydrogen-bond donors (Lipinski definition) is 0. The smallest absolute Gasteiger partial charge is 0.0398 e. The molecule has 0 aromatic heterocycles. The topological polar surface area (TPSA) is 0 Å². The lowest BCUT2D eigenvalue weighted by Crippen LogP contribution is -1.67. The highest BCUT2D eigenvalue weighted by Crippen LogP contribution is 1.83. The quantitative estimate of drug-likeness (QED) is 0.484. The van der Waals surface area contributed by atoms with E-state index in [1.54, 1.807) is 11.8 Å². The van der Waals surface area contributed by atoms with E-state index in [1.807, 2.05) is 6.26 Å². The predicted octanol–water partition coefficient (Wildman–Crippen LogP) is 1.23. The van der Waals surface area contributed by atoms with Gasteiger partial charge in [-0.15, -0.1) is 0 Å². The molecule has 1 radical (unpaired) electrons. The van der Waals surface area contributed by atoms with Crippen molar-refractivity contribution in [1.29, 1.82) is 0 Å². The van der Waals surface area contributed by atoms with E-state index >= 15 is 0 Å². The van der Waals surface area contributed by atoms with Crippen molar-refractivity contribution in [2.24, 2.45) is 0 Å². The zero-order chi connectivity index (χ0) is 4.12. The molecule has 0 spiro atoms. The van der Waals surface area contributed by atoms with Crippen LogP contribution in [0.15, 0.2) is 0 Å². The van der Waals surface area contributed by atoms with Crippen molar-refractivity contribution in [3.8, 4) is 0 Å². The number of hydrogen-bond acceptors (Lipinski definition) is 2. The van der Waals surface area contributed by atoms with Crippen LogP contribution in [-0.4, -0.2) is 17.4 Å². The Balaban J connectivity index is 2.40. The molecule has 5 heavy (non-hydrogen) atoms. The summed E-state index contributed by atoms with van der Waals surface area (Å²) in [6.07, 6.45) is 2.00. The molecule has 0 amide bonds. The minimum atomic E-state index is 0.870. The van der Waals surface area contributed by atoms with Crippen LogP contribution in [-0.2, 0) is 0 Å². The lowest BCUT2D eigenvalue weighted by Gasteiger charge is -1.71. The first-order chi connectivity index (χ1) is 2.41. The Hall–Kier alpha value is 0.440. The molecule has 0 heterocycles. The van der Waals surface area contributed by atoms with Crippen molar-refractivity contribution >= 4 is 29.3 Å². The fourth-order valence-electron chi connectivity index (χ4n) is 0.0589. The molecule has 0 saturated carbocycles. The van der Waals surface area contributed by atoms with E-state index in [0.29, 0.717) is 0 Å². The van der Waals surface area contributed by atoms with Crippen molar-refractivity contribution in [3.05, 3.63) is 0 Å². The summed E-state index contributed by atoms with van der Waals surface area (Å²) >= 11 is 6.07. The summed E-state index contributed by atoms with van der Waals surface area (Å²) in [6, 6.07) is 0. The van der Waals surface area contributed by atoms with Crippen LogP contribution >= 0.6 is 24.0 Å².